The molecule has 1 N–H and O–H groups in total. The van der Waals surface area contributed by atoms with E-state index in [9.17, 15) is 0 Å². The lowest BCUT2D eigenvalue weighted by Crippen LogP contribution is -2.20. The van der Waals surface area contributed by atoms with Gasteiger partial charge in [-0.1, -0.05) is 12.1 Å². The second-order valence-electron chi connectivity index (χ2n) is 5.43. The monoisotopic (exact) mass is 287 g/mol. The van der Waals surface area contributed by atoms with E-state index in [2.05, 4.69) is 48.7 Å². The van der Waals surface area contributed by atoms with Crippen molar-refractivity contribution >= 4 is 0 Å². The molecule has 0 unspecified atom stereocenters. The van der Waals surface area contributed by atoms with Gasteiger partial charge in [0.2, 0.25) is 0 Å². The Morgan fingerprint density at radius 1 is 1.24 bits per heavy atom. The van der Waals surface area contributed by atoms with Crippen molar-refractivity contribution in [1.82, 2.24) is 15.1 Å². The van der Waals surface area contributed by atoms with Crippen molar-refractivity contribution in [2.24, 2.45) is 0 Å². The van der Waals surface area contributed by atoms with Gasteiger partial charge in [-0.2, -0.15) is 5.10 Å². The minimum atomic E-state index is 0.768. The zero-order valence-corrected chi connectivity index (χ0v) is 13.2. The Morgan fingerprint density at radius 3 is 2.90 bits per heavy atom. The maximum atomic E-state index is 5.00. The standard InChI is InChI=1S/C17H25N3O/c1-14-6-7-15(2)17(11-14)20-13-16(12-19-20)5-4-8-18-9-10-21-3/h6-7,11-13,18H,4-5,8-10H2,1-3H3. The number of methoxy groups -OCH3 is 1. The van der Waals surface area contributed by atoms with Crippen LogP contribution < -0.4 is 5.32 Å². The molecule has 2 rings (SSSR count). The predicted molar refractivity (Wildman–Crippen MR) is 86.1 cm³/mol. The van der Waals surface area contributed by atoms with E-state index in [0.29, 0.717) is 0 Å². The van der Waals surface area contributed by atoms with E-state index in [-0.39, 0.29) is 0 Å². The van der Waals surface area contributed by atoms with Gasteiger partial charge in [-0.3, -0.25) is 0 Å². The fourth-order valence-electron chi connectivity index (χ4n) is 2.30. The van der Waals surface area contributed by atoms with Gasteiger partial charge in [-0.05, 0) is 56.0 Å². The summed E-state index contributed by atoms with van der Waals surface area (Å²) in [6.07, 6.45) is 6.26. The smallest absolute Gasteiger partial charge is 0.0677 e. The molecule has 0 aliphatic carbocycles. The maximum Gasteiger partial charge on any atom is 0.0677 e. The van der Waals surface area contributed by atoms with Crippen molar-refractivity contribution in [3.05, 3.63) is 47.3 Å². The number of ether oxygens (including phenoxy) is 1. The minimum Gasteiger partial charge on any atom is -0.383 e. The topological polar surface area (TPSA) is 39.1 Å². The molecule has 0 fully saturated rings. The molecule has 114 valence electrons. The fraction of sp³-hybridized carbons (Fsp3) is 0.471. The third kappa shape index (κ3) is 4.69. The molecule has 1 aromatic carbocycles. The maximum absolute atomic E-state index is 5.00. The number of nitrogens with one attached hydrogen (secondary N) is 1. The summed E-state index contributed by atoms with van der Waals surface area (Å²) in [6, 6.07) is 6.46. The first-order valence-electron chi connectivity index (χ1n) is 7.51. The molecule has 0 amide bonds. The highest BCUT2D eigenvalue weighted by Crippen LogP contribution is 2.16. The lowest BCUT2D eigenvalue weighted by atomic mass is 10.1. The van der Waals surface area contributed by atoms with Crippen LogP contribution in [0.1, 0.15) is 23.1 Å². The Hall–Kier alpha value is -1.65. The second-order valence-corrected chi connectivity index (χ2v) is 5.43. The van der Waals surface area contributed by atoms with E-state index < -0.39 is 0 Å². The molecule has 4 heteroatoms. The molecule has 21 heavy (non-hydrogen) atoms. The van der Waals surface area contributed by atoms with Gasteiger partial charge in [0.1, 0.15) is 0 Å². The zero-order chi connectivity index (χ0) is 15.1. The van der Waals surface area contributed by atoms with Crippen molar-refractivity contribution in [3.63, 3.8) is 0 Å². The largest absolute Gasteiger partial charge is 0.383 e. The number of aryl methyl sites for hydroxylation is 3. The van der Waals surface area contributed by atoms with Crippen molar-refractivity contribution in [3.8, 4) is 5.69 Å². The number of rotatable bonds is 8. The van der Waals surface area contributed by atoms with Gasteiger partial charge in [-0.25, -0.2) is 4.68 Å². The average Bonchev–Trinajstić information content (AvgIpc) is 2.94. The molecule has 0 radical (unpaired) electrons. The van der Waals surface area contributed by atoms with Gasteiger partial charge in [0.15, 0.2) is 0 Å². The Balaban J connectivity index is 1.88. The highest BCUT2D eigenvalue weighted by atomic mass is 16.5. The molecular weight excluding hydrogens is 262 g/mol. The van der Waals surface area contributed by atoms with Crippen LogP contribution in [-0.4, -0.2) is 36.6 Å². The van der Waals surface area contributed by atoms with Gasteiger partial charge >= 0.3 is 0 Å². The summed E-state index contributed by atoms with van der Waals surface area (Å²) in [6.45, 7) is 6.93. The Kier molecular flexibility index (Phi) is 5.96. The number of nitrogens with zero attached hydrogens (tertiary/aromatic N) is 2. The van der Waals surface area contributed by atoms with Gasteiger partial charge in [0, 0.05) is 19.9 Å². The Morgan fingerprint density at radius 2 is 2.10 bits per heavy atom. The van der Waals surface area contributed by atoms with Gasteiger partial charge in [0.05, 0.1) is 18.5 Å². The molecule has 0 saturated carbocycles. The van der Waals surface area contributed by atoms with E-state index in [1.807, 2.05) is 10.9 Å². The molecule has 0 aliphatic heterocycles. The highest BCUT2D eigenvalue weighted by Gasteiger charge is 2.04. The van der Waals surface area contributed by atoms with E-state index in [0.717, 1.165) is 32.5 Å². The van der Waals surface area contributed by atoms with Crippen LogP contribution in [0.25, 0.3) is 5.69 Å². The summed E-state index contributed by atoms with van der Waals surface area (Å²) >= 11 is 0. The summed E-state index contributed by atoms with van der Waals surface area (Å²) in [5.41, 5.74) is 4.95. The number of hydrogen-bond acceptors (Lipinski definition) is 3. The molecule has 0 spiro atoms. The highest BCUT2D eigenvalue weighted by molar-refractivity contribution is 5.42. The average molecular weight is 287 g/mol. The summed E-state index contributed by atoms with van der Waals surface area (Å²) in [4.78, 5) is 0. The molecule has 0 atom stereocenters. The first-order valence-corrected chi connectivity index (χ1v) is 7.51. The van der Waals surface area contributed by atoms with E-state index in [1.54, 1.807) is 7.11 Å². The van der Waals surface area contributed by atoms with E-state index in [1.165, 1.54) is 22.4 Å². The third-order valence-electron chi connectivity index (χ3n) is 3.55. The molecular formula is C17H25N3O. The second kappa shape index (κ2) is 7.96. The number of benzene rings is 1. The first-order chi connectivity index (χ1) is 10.2. The molecule has 1 heterocycles. The van der Waals surface area contributed by atoms with Crippen LogP contribution in [0.5, 0.6) is 0 Å². The molecule has 2 aromatic rings. The van der Waals surface area contributed by atoms with Crippen LogP contribution in [0.15, 0.2) is 30.6 Å². The van der Waals surface area contributed by atoms with E-state index >= 15 is 0 Å². The molecule has 4 nitrogen and oxygen atoms in total. The van der Waals surface area contributed by atoms with E-state index in [4.69, 9.17) is 4.74 Å². The quantitative estimate of drug-likeness (QED) is 0.759. The van der Waals surface area contributed by atoms with Crippen LogP contribution in [0.2, 0.25) is 0 Å². The van der Waals surface area contributed by atoms with Crippen molar-refractivity contribution in [2.45, 2.75) is 26.7 Å². The third-order valence-corrected chi connectivity index (χ3v) is 3.55. The normalized spacial score (nSPS) is 11.0. The van der Waals surface area contributed by atoms with Crippen LogP contribution in [0.3, 0.4) is 0 Å². The van der Waals surface area contributed by atoms with Gasteiger partial charge in [0.25, 0.3) is 0 Å². The Bertz CT molecular complexity index is 563. The molecule has 0 aliphatic rings. The Labute approximate surface area is 127 Å². The molecule has 0 saturated heterocycles. The lowest BCUT2D eigenvalue weighted by molar-refractivity contribution is 0.199. The lowest BCUT2D eigenvalue weighted by Gasteiger charge is -2.06. The van der Waals surface area contributed by atoms with Crippen molar-refractivity contribution < 1.29 is 4.74 Å². The summed E-state index contributed by atoms with van der Waals surface area (Å²) < 4.78 is 6.99. The van der Waals surface area contributed by atoms with Crippen LogP contribution >= 0.6 is 0 Å². The minimum absolute atomic E-state index is 0.768. The first kappa shape index (κ1) is 15.7. The van der Waals surface area contributed by atoms with Gasteiger partial charge < -0.3 is 10.1 Å². The van der Waals surface area contributed by atoms with Crippen LogP contribution in [0, 0.1) is 13.8 Å². The number of aromatic nitrogens is 2. The zero-order valence-electron chi connectivity index (χ0n) is 13.2. The summed E-state index contributed by atoms with van der Waals surface area (Å²) in [5.74, 6) is 0. The molecule has 1 aromatic heterocycles. The predicted octanol–water partition coefficient (Wildman–Crippen LogP) is 2.66. The fourth-order valence-corrected chi connectivity index (χ4v) is 2.30. The van der Waals surface area contributed by atoms with Crippen LogP contribution in [0.4, 0.5) is 0 Å². The van der Waals surface area contributed by atoms with Gasteiger partial charge in [-0.15, -0.1) is 0 Å². The molecule has 0 bridgehead atoms. The van der Waals surface area contributed by atoms with Crippen molar-refractivity contribution in [1.29, 1.82) is 0 Å². The number of hydrogen-bond donors (Lipinski definition) is 1. The summed E-state index contributed by atoms with van der Waals surface area (Å²) in [7, 11) is 1.73. The summed E-state index contributed by atoms with van der Waals surface area (Å²) in [5, 5.41) is 7.85. The van der Waals surface area contributed by atoms with Crippen LogP contribution in [-0.2, 0) is 11.2 Å². The van der Waals surface area contributed by atoms with Crippen molar-refractivity contribution in [2.75, 3.05) is 26.8 Å². The SMILES string of the molecule is COCCNCCCc1cnn(-c2cc(C)ccc2C)c1.